The summed E-state index contributed by atoms with van der Waals surface area (Å²) >= 11 is 1.76. The van der Waals surface area contributed by atoms with Gasteiger partial charge < -0.3 is 10.6 Å². The van der Waals surface area contributed by atoms with Gasteiger partial charge >= 0.3 is 0 Å². The lowest BCUT2D eigenvalue weighted by atomic mass is 10.1. The van der Waals surface area contributed by atoms with Gasteiger partial charge in [-0.1, -0.05) is 18.2 Å². The SMILES string of the molecule is CNCCC(=O)NCCc1csc2ccccc12.Cl. The van der Waals surface area contributed by atoms with Crippen LogP contribution in [0.1, 0.15) is 12.0 Å². The Labute approximate surface area is 123 Å². The van der Waals surface area contributed by atoms with Crippen LogP contribution >= 0.6 is 23.7 Å². The molecule has 2 rings (SSSR count). The number of carbonyl (C=O) groups is 1. The molecule has 2 aromatic rings. The fraction of sp³-hybridized carbons (Fsp3) is 0.357. The van der Waals surface area contributed by atoms with Crippen LogP contribution < -0.4 is 10.6 Å². The van der Waals surface area contributed by atoms with E-state index in [1.54, 1.807) is 11.3 Å². The third kappa shape index (κ3) is 4.49. The van der Waals surface area contributed by atoms with Crippen LogP contribution in [0.4, 0.5) is 0 Å². The summed E-state index contributed by atoms with van der Waals surface area (Å²) in [5, 5.41) is 9.41. The fourth-order valence-corrected chi connectivity index (χ4v) is 2.89. The van der Waals surface area contributed by atoms with Gasteiger partial charge in [-0.15, -0.1) is 23.7 Å². The van der Waals surface area contributed by atoms with Crippen LogP contribution in [0.5, 0.6) is 0 Å². The molecule has 0 aliphatic heterocycles. The molecule has 0 spiro atoms. The van der Waals surface area contributed by atoms with E-state index in [2.05, 4.69) is 40.3 Å². The van der Waals surface area contributed by atoms with Crippen molar-refractivity contribution in [3.63, 3.8) is 0 Å². The summed E-state index contributed by atoms with van der Waals surface area (Å²) in [6.07, 6.45) is 1.44. The van der Waals surface area contributed by atoms with Crippen LogP contribution in [0.25, 0.3) is 10.1 Å². The molecule has 0 aliphatic carbocycles. The van der Waals surface area contributed by atoms with E-state index in [1.165, 1.54) is 15.6 Å². The van der Waals surface area contributed by atoms with Crippen molar-refractivity contribution in [1.29, 1.82) is 0 Å². The summed E-state index contributed by atoms with van der Waals surface area (Å²) in [7, 11) is 1.85. The average Bonchev–Trinajstić information content (AvgIpc) is 2.80. The summed E-state index contributed by atoms with van der Waals surface area (Å²) < 4.78 is 1.31. The number of benzene rings is 1. The molecule has 104 valence electrons. The van der Waals surface area contributed by atoms with E-state index in [0.717, 1.165) is 13.0 Å². The molecule has 1 aromatic heterocycles. The van der Waals surface area contributed by atoms with Gasteiger partial charge in [0.25, 0.3) is 0 Å². The topological polar surface area (TPSA) is 41.1 Å². The Morgan fingerprint density at radius 2 is 2.05 bits per heavy atom. The molecule has 0 atom stereocenters. The second-order valence-electron chi connectivity index (χ2n) is 4.21. The van der Waals surface area contributed by atoms with Crippen molar-refractivity contribution in [1.82, 2.24) is 10.6 Å². The first kappa shape index (κ1) is 16.0. The number of hydrogen-bond acceptors (Lipinski definition) is 3. The predicted molar refractivity (Wildman–Crippen MR) is 84.3 cm³/mol. The second-order valence-corrected chi connectivity index (χ2v) is 5.12. The smallest absolute Gasteiger partial charge is 0.221 e. The summed E-state index contributed by atoms with van der Waals surface area (Å²) in [4.78, 5) is 11.4. The normalized spacial score (nSPS) is 10.2. The quantitative estimate of drug-likeness (QED) is 0.861. The lowest BCUT2D eigenvalue weighted by Gasteiger charge is -2.04. The maximum absolute atomic E-state index is 11.4. The van der Waals surface area contributed by atoms with Gasteiger partial charge in [0.05, 0.1) is 0 Å². The zero-order chi connectivity index (χ0) is 12.8. The number of fused-ring (bicyclic) bond motifs is 1. The van der Waals surface area contributed by atoms with Crippen molar-refractivity contribution < 1.29 is 4.79 Å². The van der Waals surface area contributed by atoms with Crippen molar-refractivity contribution in [2.45, 2.75) is 12.8 Å². The Morgan fingerprint density at radius 3 is 2.84 bits per heavy atom. The van der Waals surface area contributed by atoms with E-state index in [9.17, 15) is 4.79 Å². The molecule has 0 bridgehead atoms. The van der Waals surface area contributed by atoms with Crippen LogP contribution in [0.15, 0.2) is 29.6 Å². The van der Waals surface area contributed by atoms with Gasteiger partial charge in [-0.2, -0.15) is 0 Å². The maximum atomic E-state index is 11.4. The largest absolute Gasteiger partial charge is 0.356 e. The predicted octanol–water partition coefficient (Wildman–Crippen LogP) is 2.59. The molecule has 1 aromatic carbocycles. The van der Waals surface area contributed by atoms with Gasteiger partial charge in [-0.25, -0.2) is 0 Å². The Balaban J connectivity index is 0.00000180. The Bertz CT molecular complexity index is 527. The number of rotatable bonds is 6. The van der Waals surface area contributed by atoms with Crippen LogP contribution in [0, 0.1) is 0 Å². The Morgan fingerprint density at radius 1 is 1.26 bits per heavy atom. The Hall–Kier alpha value is -1.10. The number of hydrogen-bond donors (Lipinski definition) is 2. The zero-order valence-corrected chi connectivity index (χ0v) is 12.6. The lowest BCUT2D eigenvalue weighted by molar-refractivity contribution is -0.120. The molecule has 0 fully saturated rings. The van der Waals surface area contributed by atoms with Gasteiger partial charge in [0.2, 0.25) is 5.91 Å². The molecule has 19 heavy (non-hydrogen) atoms. The van der Waals surface area contributed by atoms with Gasteiger partial charge in [0, 0.05) is 24.2 Å². The standard InChI is InChI=1S/C14H18N2OS.ClH/c1-15-8-7-14(17)16-9-6-11-10-18-13-5-3-2-4-12(11)13;/h2-5,10,15H,6-9H2,1H3,(H,16,17);1H. The average molecular weight is 299 g/mol. The van der Waals surface area contributed by atoms with Crippen molar-refractivity contribution in [3.8, 4) is 0 Å². The monoisotopic (exact) mass is 298 g/mol. The molecule has 0 aliphatic rings. The number of halogens is 1. The molecule has 0 saturated carbocycles. The van der Waals surface area contributed by atoms with E-state index in [1.807, 2.05) is 7.05 Å². The number of carbonyl (C=O) groups excluding carboxylic acids is 1. The number of nitrogens with one attached hydrogen (secondary N) is 2. The van der Waals surface area contributed by atoms with Crippen LogP contribution in [0.2, 0.25) is 0 Å². The van der Waals surface area contributed by atoms with Gasteiger partial charge in [-0.3, -0.25) is 4.79 Å². The van der Waals surface area contributed by atoms with Crippen LogP contribution in [0.3, 0.4) is 0 Å². The molecule has 1 amide bonds. The minimum absolute atomic E-state index is 0. The highest BCUT2D eigenvalue weighted by Gasteiger charge is 2.04. The second kappa shape index (κ2) is 8.15. The molecular formula is C14H19ClN2OS. The molecule has 0 unspecified atom stereocenters. The molecule has 5 heteroatoms. The van der Waals surface area contributed by atoms with E-state index < -0.39 is 0 Å². The van der Waals surface area contributed by atoms with E-state index >= 15 is 0 Å². The van der Waals surface area contributed by atoms with Crippen molar-refractivity contribution in [3.05, 3.63) is 35.2 Å². The molecule has 1 heterocycles. The van der Waals surface area contributed by atoms with E-state index in [0.29, 0.717) is 13.0 Å². The van der Waals surface area contributed by atoms with Crippen LogP contribution in [-0.4, -0.2) is 26.0 Å². The molecule has 0 radical (unpaired) electrons. The van der Waals surface area contributed by atoms with Crippen molar-refractivity contribution in [2.75, 3.05) is 20.1 Å². The Kier molecular flexibility index (Phi) is 6.84. The summed E-state index contributed by atoms with van der Waals surface area (Å²) in [5.74, 6) is 0.115. The zero-order valence-electron chi connectivity index (χ0n) is 10.9. The molecular weight excluding hydrogens is 280 g/mol. The van der Waals surface area contributed by atoms with Crippen molar-refractivity contribution >= 4 is 39.7 Å². The first-order valence-corrected chi connectivity index (χ1v) is 7.05. The first-order valence-electron chi connectivity index (χ1n) is 6.17. The first-order chi connectivity index (χ1) is 8.81. The molecule has 2 N–H and O–H groups in total. The number of thiophene rings is 1. The van der Waals surface area contributed by atoms with Gasteiger partial charge in [0.15, 0.2) is 0 Å². The van der Waals surface area contributed by atoms with E-state index in [4.69, 9.17) is 0 Å². The van der Waals surface area contributed by atoms with Crippen molar-refractivity contribution in [2.24, 2.45) is 0 Å². The minimum atomic E-state index is 0. The third-order valence-corrected chi connectivity index (χ3v) is 3.89. The highest BCUT2D eigenvalue weighted by molar-refractivity contribution is 7.17. The number of amides is 1. The summed E-state index contributed by atoms with van der Waals surface area (Å²) in [6.45, 7) is 1.44. The fourth-order valence-electron chi connectivity index (χ4n) is 1.89. The molecule has 3 nitrogen and oxygen atoms in total. The lowest BCUT2D eigenvalue weighted by Crippen LogP contribution is -2.28. The minimum Gasteiger partial charge on any atom is -0.356 e. The van der Waals surface area contributed by atoms with Gasteiger partial charge in [0.1, 0.15) is 0 Å². The van der Waals surface area contributed by atoms with Gasteiger partial charge in [-0.05, 0) is 35.9 Å². The molecule has 0 saturated heterocycles. The highest BCUT2D eigenvalue weighted by Crippen LogP contribution is 2.25. The summed E-state index contributed by atoms with van der Waals surface area (Å²) in [6, 6.07) is 8.39. The maximum Gasteiger partial charge on any atom is 0.221 e. The van der Waals surface area contributed by atoms with E-state index in [-0.39, 0.29) is 18.3 Å². The third-order valence-electron chi connectivity index (χ3n) is 2.88. The highest BCUT2D eigenvalue weighted by atomic mass is 35.5. The summed E-state index contributed by atoms with van der Waals surface area (Å²) in [5.41, 5.74) is 1.32. The van der Waals surface area contributed by atoms with Crippen LogP contribution in [-0.2, 0) is 11.2 Å².